The number of halogens is 1. The highest BCUT2D eigenvalue weighted by Crippen LogP contribution is 2.09. The van der Waals surface area contributed by atoms with Gasteiger partial charge < -0.3 is 11.1 Å². The van der Waals surface area contributed by atoms with E-state index in [4.69, 9.17) is 11.0 Å². The molecule has 0 bridgehead atoms. The summed E-state index contributed by atoms with van der Waals surface area (Å²) < 4.78 is 13.5. The van der Waals surface area contributed by atoms with Crippen molar-refractivity contribution in [3.05, 3.63) is 35.1 Å². The van der Waals surface area contributed by atoms with Crippen molar-refractivity contribution >= 4 is 5.91 Å². The second kappa shape index (κ2) is 7.41. The summed E-state index contributed by atoms with van der Waals surface area (Å²) in [4.78, 5) is 10.5. The van der Waals surface area contributed by atoms with Crippen molar-refractivity contribution in [3.8, 4) is 6.07 Å². The first-order valence-electron chi connectivity index (χ1n) is 5.81. The zero-order valence-electron chi connectivity index (χ0n) is 10.1. The van der Waals surface area contributed by atoms with Crippen LogP contribution in [-0.2, 0) is 11.3 Å². The van der Waals surface area contributed by atoms with Crippen LogP contribution in [0.25, 0.3) is 0 Å². The molecule has 0 unspecified atom stereocenters. The average Bonchev–Trinajstić information content (AvgIpc) is 2.34. The van der Waals surface area contributed by atoms with Gasteiger partial charge in [0.25, 0.3) is 0 Å². The van der Waals surface area contributed by atoms with Gasteiger partial charge in [0.2, 0.25) is 5.91 Å². The van der Waals surface area contributed by atoms with Crippen molar-refractivity contribution in [2.45, 2.75) is 25.8 Å². The Labute approximate surface area is 106 Å². The molecule has 0 aliphatic heterocycles. The highest BCUT2D eigenvalue weighted by molar-refractivity contribution is 5.73. The fraction of sp³-hybridized carbons (Fsp3) is 0.385. The first-order chi connectivity index (χ1) is 8.63. The number of primary amides is 1. The summed E-state index contributed by atoms with van der Waals surface area (Å²) in [7, 11) is 0. The normalized spacial score (nSPS) is 10.0. The van der Waals surface area contributed by atoms with Crippen molar-refractivity contribution < 1.29 is 9.18 Å². The number of nitrogens with two attached hydrogens (primary N) is 1. The molecule has 0 aliphatic rings. The minimum atomic E-state index is -0.376. The summed E-state index contributed by atoms with van der Waals surface area (Å²) in [5.74, 6) is -0.674. The second-order valence-electron chi connectivity index (χ2n) is 4.02. The molecule has 0 saturated carbocycles. The molecule has 0 spiro atoms. The predicted octanol–water partition coefficient (Wildman–Crippen LogP) is 1.44. The first kappa shape index (κ1) is 14.1. The second-order valence-corrected chi connectivity index (χ2v) is 4.02. The summed E-state index contributed by atoms with van der Waals surface area (Å²) in [6, 6.07) is 6.30. The summed E-state index contributed by atoms with van der Waals surface area (Å²) >= 11 is 0. The lowest BCUT2D eigenvalue weighted by atomic mass is 10.1. The lowest BCUT2D eigenvalue weighted by molar-refractivity contribution is -0.118. The molecule has 4 nitrogen and oxygen atoms in total. The fourth-order valence-corrected chi connectivity index (χ4v) is 1.53. The third kappa shape index (κ3) is 4.93. The Balaban J connectivity index is 2.27. The van der Waals surface area contributed by atoms with Crippen molar-refractivity contribution in [1.29, 1.82) is 5.26 Å². The van der Waals surface area contributed by atoms with Gasteiger partial charge in [-0.15, -0.1) is 0 Å². The van der Waals surface area contributed by atoms with E-state index in [1.165, 1.54) is 6.07 Å². The molecule has 1 aromatic carbocycles. The number of nitrogens with zero attached hydrogens (tertiary/aromatic N) is 1. The Hall–Kier alpha value is -1.93. The smallest absolute Gasteiger partial charge is 0.217 e. The van der Waals surface area contributed by atoms with E-state index < -0.39 is 0 Å². The lowest BCUT2D eigenvalue weighted by Crippen LogP contribution is -2.17. The summed E-state index contributed by atoms with van der Waals surface area (Å²) in [5, 5.41) is 11.7. The van der Waals surface area contributed by atoms with E-state index in [-0.39, 0.29) is 11.7 Å². The van der Waals surface area contributed by atoms with Crippen LogP contribution in [0, 0.1) is 17.1 Å². The van der Waals surface area contributed by atoms with Gasteiger partial charge >= 0.3 is 0 Å². The number of unbranched alkanes of at least 4 members (excludes halogenated alkanes) is 1. The molecule has 3 N–H and O–H groups in total. The summed E-state index contributed by atoms with van der Waals surface area (Å²) in [6.07, 6.45) is 1.94. The number of nitriles is 1. The zero-order chi connectivity index (χ0) is 13.4. The Kier molecular flexibility index (Phi) is 5.81. The molecule has 1 rings (SSSR count). The van der Waals surface area contributed by atoms with E-state index in [0.29, 0.717) is 30.6 Å². The predicted molar refractivity (Wildman–Crippen MR) is 65.9 cm³/mol. The summed E-state index contributed by atoms with van der Waals surface area (Å²) in [6.45, 7) is 1.11. The van der Waals surface area contributed by atoms with Crippen LogP contribution in [0.1, 0.15) is 30.4 Å². The molecule has 18 heavy (non-hydrogen) atoms. The van der Waals surface area contributed by atoms with Crippen LogP contribution in [0.5, 0.6) is 0 Å². The monoisotopic (exact) mass is 249 g/mol. The third-order valence-electron chi connectivity index (χ3n) is 2.52. The Bertz CT molecular complexity index is 454. The fourth-order valence-electron chi connectivity index (χ4n) is 1.53. The Morgan fingerprint density at radius 3 is 2.83 bits per heavy atom. The van der Waals surface area contributed by atoms with Gasteiger partial charge in [0.1, 0.15) is 5.82 Å². The van der Waals surface area contributed by atoms with Crippen LogP contribution in [0.4, 0.5) is 4.39 Å². The topological polar surface area (TPSA) is 78.9 Å². The molecule has 1 amide bonds. The Morgan fingerprint density at radius 1 is 1.44 bits per heavy atom. The quantitative estimate of drug-likeness (QED) is 0.718. The van der Waals surface area contributed by atoms with E-state index in [0.717, 1.165) is 12.8 Å². The third-order valence-corrected chi connectivity index (χ3v) is 2.52. The minimum Gasteiger partial charge on any atom is -0.370 e. The first-order valence-corrected chi connectivity index (χ1v) is 5.81. The highest BCUT2D eigenvalue weighted by atomic mass is 19.1. The number of hydrogen-bond acceptors (Lipinski definition) is 3. The molecule has 0 atom stereocenters. The Morgan fingerprint density at radius 2 is 2.22 bits per heavy atom. The maximum Gasteiger partial charge on any atom is 0.217 e. The molecule has 96 valence electrons. The summed E-state index contributed by atoms with van der Waals surface area (Å²) in [5.41, 5.74) is 5.86. The number of benzene rings is 1. The van der Waals surface area contributed by atoms with Gasteiger partial charge in [-0.2, -0.15) is 5.26 Å². The van der Waals surface area contributed by atoms with Gasteiger partial charge in [-0.25, -0.2) is 4.39 Å². The number of carbonyl (C=O) groups excluding carboxylic acids is 1. The SMILES string of the molecule is N#Cc1ccc(CNCCCCC(N)=O)c(F)c1. The highest BCUT2D eigenvalue weighted by Gasteiger charge is 2.03. The zero-order valence-corrected chi connectivity index (χ0v) is 10.1. The molecule has 0 saturated heterocycles. The van der Waals surface area contributed by atoms with Crippen LogP contribution in [-0.4, -0.2) is 12.5 Å². The van der Waals surface area contributed by atoms with Gasteiger partial charge in [-0.05, 0) is 31.5 Å². The van der Waals surface area contributed by atoms with Crippen LogP contribution in [0.3, 0.4) is 0 Å². The van der Waals surface area contributed by atoms with Crippen LogP contribution in [0.15, 0.2) is 18.2 Å². The molecule has 0 heterocycles. The van der Waals surface area contributed by atoms with Gasteiger partial charge in [0, 0.05) is 18.5 Å². The largest absolute Gasteiger partial charge is 0.370 e. The van der Waals surface area contributed by atoms with Crippen LogP contribution >= 0.6 is 0 Å². The number of carbonyl (C=O) groups is 1. The van der Waals surface area contributed by atoms with E-state index in [1.54, 1.807) is 12.1 Å². The molecule has 0 fully saturated rings. The van der Waals surface area contributed by atoms with E-state index in [2.05, 4.69) is 5.32 Å². The van der Waals surface area contributed by atoms with Crippen LogP contribution < -0.4 is 11.1 Å². The number of rotatable bonds is 7. The van der Waals surface area contributed by atoms with Gasteiger partial charge in [0.05, 0.1) is 11.6 Å². The van der Waals surface area contributed by atoms with Gasteiger partial charge in [-0.3, -0.25) is 4.79 Å². The molecule has 0 aromatic heterocycles. The van der Waals surface area contributed by atoms with Crippen molar-refractivity contribution in [1.82, 2.24) is 5.32 Å². The van der Waals surface area contributed by atoms with E-state index >= 15 is 0 Å². The van der Waals surface area contributed by atoms with Crippen molar-refractivity contribution in [2.75, 3.05) is 6.54 Å². The molecular weight excluding hydrogens is 233 g/mol. The standard InChI is InChI=1S/C13H16FN3O/c14-12-7-10(8-15)4-5-11(12)9-17-6-2-1-3-13(16)18/h4-5,7,17H,1-3,6,9H2,(H2,16,18). The number of amides is 1. The van der Waals surface area contributed by atoms with Crippen molar-refractivity contribution in [2.24, 2.45) is 5.73 Å². The number of hydrogen-bond donors (Lipinski definition) is 2. The molecule has 0 aliphatic carbocycles. The van der Waals surface area contributed by atoms with Crippen LogP contribution in [0.2, 0.25) is 0 Å². The lowest BCUT2D eigenvalue weighted by Gasteiger charge is -2.05. The van der Waals surface area contributed by atoms with E-state index in [1.807, 2.05) is 6.07 Å². The number of nitrogens with one attached hydrogen (secondary N) is 1. The van der Waals surface area contributed by atoms with E-state index in [9.17, 15) is 9.18 Å². The maximum absolute atomic E-state index is 13.5. The van der Waals surface area contributed by atoms with Gasteiger partial charge in [0.15, 0.2) is 0 Å². The van der Waals surface area contributed by atoms with Gasteiger partial charge in [-0.1, -0.05) is 6.07 Å². The molecule has 1 aromatic rings. The average molecular weight is 249 g/mol. The molecule has 0 radical (unpaired) electrons. The molecular formula is C13H16FN3O. The molecule has 5 heteroatoms. The minimum absolute atomic E-state index is 0.298. The van der Waals surface area contributed by atoms with Crippen molar-refractivity contribution in [3.63, 3.8) is 0 Å². The maximum atomic E-state index is 13.5.